The number of ether oxygens (including phenoxy) is 1. The molecule has 4 saturated carbocycles. The van der Waals surface area contributed by atoms with Gasteiger partial charge >= 0.3 is 6.15 Å². The van der Waals surface area contributed by atoms with Crippen molar-refractivity contribution >= 4 is 11.7 Å². The lowest BCUT2D eigenvalue weighted by molar-refractivity contribution is -0.219. The Bertz CT molecular complexity index is 1330. The van der Waals surface area contributed by atoms with E-state index in [0.717, 1.165) is 30.1 Å². The van der Waals surface area contributed by atoms with Gasteiger partial charge in [-0.3, -0.25) is 0 Å². The van der Waals surface area contributed by atoms with Gasteiger partial charge in [0.2, 0.25) is 0 Å². The monoisotopic (exact) mass is 577 g/mol. The minimum absolute atomic E-state index is 0.0158. The molecular formula is C37H52FNO3. The largest absolute Gasteiger partial charge is 0.373 e. The van der Waals surface area contributed by atoms with Crippen LogP contribution in [0.25, 0.3) is 5.57 Å². The fraction of sp³-hybridized carbons (Fsp3) is 0.757. The molecule has 0 amide bonds. The second-order valence-electron chi connectivity index (χ2n) is 16.8. The van der Waals surface area contributed by atoms with E-state index in [4.69, 9.17) is 20.1 Å². The van der Waals surface area contributed by atoms with Crippen molar-refractivity contribution in [1.29, 1.82) is 0 Å². The van der Waals surface area contributed by atoms with Gasteiger partial charge in [-0.25, -0.2) is 4.39 Å². The topological polar surface area (TPSA) is 72.7 Å². The normalized spacial score (nSPS) is 48.2. The molecule has 0 bridgehead atoms. The molecule has 1 aromatic rings. The summed E-state index contributed by atoms with van der Waals surface area (Å²) in [5.74, 6) is 3.21. The van der Waals surface area contributed by atoms with E-state index >= 15 is 0 Å². The lowest BCUT2D eigenvalue weighted by Gasteiger charge is -2.72. The number of rotatable bonds is 2. The van der Waals surface area contributed by atoms with E-state index in [0.29, 0.717) is 34.5 Å². The third-order valence-corrected chi connectivity index (χ3v) is 14.9. The average molecular weight is 578 g/mol. The lowest BCUT2D eigenvalue weighted by atomic mass is 9.33. The number of carbonyl (C=O) groups excluding carboxylic acids is 2. The molecule has 42 heavy (non-hydrogen) atoms. The van der Waals surface area contributed by atoms with Crippen LogP contribution in [-0.2, 0) is 14.3 Å². The Kier molecular flexibility index (Phi) is 6.90. The highest BCUT2D eigenvalue weighted by Crippen LogP contribution is 2.77. The summed E-state index contributed by atoms with van der Waals surface area (Å²) in [5, 5.41) is 0. The average Bonchev–Trinajstić information content (AvgIpc) is 3.55. The summed E-state index contributed by atoms with van der Waals surface area (Å²) in [6, 6.07) is 5.89. The van der Waals surface area contributed by atoms with Crippen molar-refractivity contribution in [3.05, 3.63) is 41.2 Å². The van der Waals surface area contributed by atoms with Gasteiger partial charge in [0.15, 0.2) is 0 Å². The van der Waals surface area contributed by atoms with Gasteiger partial charge < -0.3 is 10.5 Å². The summed E-state index contributed by atoms with van der Waals surface area (Å²) in [4.78, 5) is 16.2. The van der Waals surface area contributed by atoms with Crippen molar-refractivity contribution in [3.8, 4) is 0 Å². The van der Waals surface area contributed by atoms with E-state index in [1.165, 1.54) is 56.9 Å². The van der Waals surface area contributed by atoms with Crippen LogP contribution in [0.5, 0.6) is 0 Å². The SMILES string of the molecule is Cc1ccc(C2=CC[C@]3(C)[C@H]4CC[C@@H]5[C@H]6[C@H](C7(C)CO7)CC[C@]6(N)CC[C@@]5(C)[C@]4(C)CC[C@H]3C2(C)C)cc1F.O=C=O. The zero-order valence-corrected chi connectivity index (χ0v) is 26.9. The van der Waals surface area contributed by atoms with Crippen molar-refractivity contribution in [2.24, 2.45) is 57.0 Å². The van der Waals surface area contributed by atoms with E-state index in [1.54, 1.807) is 6.07 Å². The molecule has 4 nitrogen and oxygen atoms in total. The van der Waals surface area contributed by atoms with Gasteiger partial charge in [0.25, 0.3) is 0 Å². The fourth-order valence-electron chi connectivity index (χ4n) is 12.5. The van der Waals surface area contributed by atoms with Crippen molar-refractivity contribution in [2.75, 3.05) is 6.61 Å². The standard InChI is InChI=1S/C36H52FNO.CO2/c1-22-8-9-23(20-27(22)37)24-12-15-32(4)28(31(24,2)3)14-16-34(6)29(32)11-10-25-30-26(35(7)21-39-35)13-17-36(30,38)19-18-33(25,34)5;2-1-3/h8-9,12,20,25-26,28-30H,10-11,13-19,21,38H2,1-7H3;/t25-,26-,28+,29-,30+,32+,33-,34-,35?,36+;/m1./s1. The number of halogens is 1. The second kappa shape index (κ2) is 9.59. The molecule has 230 valence electrons. The molecule has 2 N–H and O–H groups in total. The molecule has 0 radical (unpaired) electrons. The summed E-state index contributed by atoms with van der Waals surface area (Å²) >= 11 is 0. The van der Waals surface area contributed by atoms with E-state index in [2.05, 4.69) is 53.7 Å². The third-order valence-electron chi connectivity index (χ3n) is 14.9. The van der Waals surface area contributed by atoms with Gasteiger partial charge in [-0.15, -0.1) is 0 Å². The van der Waals surface area contributed by atoms with Gasteiger partial charge in [-0.1, -0.05) is 52.8 Å². The smallest absolute Gasteiger partial charge is 0.370 e. The molecule has 7 rings (SSSR count). The van der Waals surface area contributed by atoms with Crippen LogP contribution >= 0.6 is 0 Å². The molecule has 5 fully saturated rings. The predicted molar refractivity (Wildman–Crippen MR) is 163 cm³/mol. The Morgan fingerprint density at radius 3 is 2.21 bits per heavy atom. The maximum atomic E-state index is 14.6. The first-order valence-electron chi connectivity index (χ1n) is 16.5. The summed E-state index contributed by atoms with van der Waals surface area (Å²) in [6.07, 6.45) is 14.1. The van der Waals surface area contributed by atoms with Crippen molar-refractivity contribution in [3.63, 3.8) is 0 Å². The number of allylic oxidation sites excluding steroid dienone is 2. The van der Waals surface area contributed by atoms with Crippen LogP contribution in [0, 0.1) is 64.0 Å². The van der Waals surface area contributed by atoms with Gasteiger partial charge in [0, 0.05) is 5.54 Å². The van der Waals surface area contributed by atoms with E-state index < -0.39 is 0 Å². The zero-order chi connectivity index (χ0) is 30.5. The number of fused-ring (bicyclic) bond motifs is 7. The molecule has 10 atom stereocenters. The Hall–Kier alpha value is -1.81. The number of aryl methyl sites for hydroxylation is 1. The molecule has 1 aliphatic heterocycles. The quantitative estimate of drug-likeness (QED) is 0.360. The van der Waals surface area contributed by atoms with Gasteiger partial charge in [0.05, 0.1) is 12.2 Å². The van der Waals surface area contributed by atoms with Crippen LogP contribution in [0.15, 0.2) is 24.3 Å². The highest BCUT2D eigenvalue weighted by Gasteiger charge is 2.71. The third kappa shape index (κ3) is 3.98. The van der Waals surface area contributed by atoms with Crippen LogP contribution in [-0.4, -0.2) is 23.9 Å². The summed E-state index contributed by atoms with van der Waals surface area (Å²) in [6.45, 7) is 18.1. The fourth-order valence-corrected chi connectivity index (χ4v) is 12.5. The predicted octanol–water partition coefficient (Wildman–Crippen LogP) is 8.13. The number of hydrogen-bond donors (Lipinski definition) is 1. The second-order valence-corrected chi connectivity index (χ2v) is 16.8. The van der Waals surface area contributed by atoms with E-state index in [1.807, 2.05) is 13.0 Å². The summed E-state index contributed by atoms with van der Waals surface area (Å²) in [7, 11) is 0. The van der Waals surface area contributed by atoms with Crippen molar-refractivity contribution in [1.82, 2.24) is 0 Å². The molecule has 1 aromatic carbocycles. The summed E-state index contributed by atoms with van der Waals surface area (Å²) < 4.78 is 20.8. The molecular weight excluding hydrogens is 525 g/mol. The minimum atomic E-state index is -0.0797. The molecule has 0 aromatic heterocycles. The molecule has 0 spiro atoms. The highest BCUT2D eigenvalue weighted by molar-refractivity contribution is 5.71. The van der Waals surface area contributed by atoms with Gasteiger partial charge in [0.1, 0.15) is 5.82 Å². The Morgan fingerprint density at radius 1 is 0.881 bits per heavy atom. The number of benzene rings is 1. The number of nitrogens with two attached hydrogens (primary N) is 1. The van der Waals surface area contributed by atoms with Crippen LogP contribution in [0.2, 0.25) is 0 Å². The molecule has 1 heterocycles. The van der Waals surface area contributed by atoms with E-state index in [-0.39, 0.29) is 33.9 Å². The van der Waals surface area contributed by atoms with Crippen LogP contribution in [0.4, 0.5) is 4.39 Å². The van der Waals surface area contributed by atoms with Gasteiger partial charge in [-0.2, -0.15) is 9.59 Å². The van der Waals surface area contributed by atoms with Crippen LogP contribution < -0.4 is 5.73 Å². The van der Waals surface area contributed by atoms with Gasteiger partial charge in [-0.05, 0) is 146 Å². The number of hydrogen-bond acceptors (Lipinski definition) is 4. The molecule has 6 aliphatic rings. The first-order valence-corrected chi connectivity index (χ1v) is 16.5. The van der Waals surface area contributed by atoms with Crippen molar-refractivity contribution < 1.29 is 18.7 Å². The first kappa shape index (κ1) is 30.2. The molecule has 5 aliphatic carbocycles. The van der Waals surface area contributed by atoms with Crippen molar-refractivity contribution in [2.45, 2.75) is 117 Å². The Labute approximate surface area is 252 Å². The number of epoxide rings is 1. The summed E-state index contributed by atoms with van der Waals surface area (Å²) in [5.41, 5.74) is 11.6. The maximum Gasteiger partial charge on any atom is 0.373 e. The van der Waals surface area contributed by atoms with Crippen LogP contribution in [0.1, 0.15) is 110 Å². The Balaban J connectivity index is 0.00000101. The highest BCUT2D eigenvalue weighted by atomic mass is 19.1. The Morgan fingerprint density at radius 2 is 1.57 bits per heavy atom. The minimum Gasteiger partial charge on any atom is -0.370 e. The van der Waals surface area contributed by atoms with Crippen LogP contribution in [0.3, 0.4) is 0 Å². The zero-order valence-electron chi connectivity index (χ0n) is 26.9. The molecule has 1 unspecified atom stereocenters. The molecule has 5 heteroatoms. The first-order chi connectivity index (χ1) is 19.6. The maximum absolute atomic E-state index is 14.6. The molecule has 1 saturated heterocycles. The van der Waals surface area contributed by atoms with E-state index in [9.17, 15) is 4.39 Å². The lowest BCUT2D eigenvalue weighted by Crippen LogP contribution is -2.67.